The van der Waals surface area contributed by atoms with Crippen molar-refractivity contribution in [3.05, 3.63) is 34.3 Å². The lowest BCUT2D eigenvalue weighted by Gasteiger charge is -2.21. The lowest BCUT2D eigenvalue weighted by Crippen LogP contribution is -2.16. The van der Waals surface area contributed by atoms with Gasteiger partial charge in [-0.2, -0.15) is 0 Å². The van der Waals surface area contributed by atoms with E-state index < -0.39 is 0 Å². The fourth-order valence-corrected chi connectivity index (χ4v) is 2.57. The molecule has 0 bridgehead atoms. The maximum atomic E-state index is 5.90. The van der Waals surface area contributed by atoms with Crippen molar-refractivity contribution in [2.75, 3.05) is 6.54 Å². The average molecular weight is 284 g/mol. The summed E-state index contributed by atoms with van der Waals surface area (Å²) in [7, 11) is 0. The van der Waals surface area contributed by atoms with E-state index in [1.165, 1.54) is 24.8 Å². The minimum absolute atomic E-state index is 0.502. The summed E-state index contributed by atoms with van der Waals surface area (Å²) in [5.74, 6) is 1.30. The van der Waals surface area contributed by atoms with E-state index >= 15 is 0 Å². The van der Waals surface area contributed by atoms with Gasteiger partial charge in [-0.05, 0) is 42.5 Å². The number of nitrogens with two attached hydrogens (primary N) is 1. The Balaban J connectivity index is 2.74. The Hall–Kier alpha value is -0.340. The second-order valence-corrected chi connectivity index (χ2v) is 5.32. The number of rotatable bonds is 6. The van der Waals surface area contributed by atoms with E-state index in [0.29, 0.717) is 5.92 Å². The van der Waals surface area contributed by atoms with Gasteiger partial charge in [0.05, 0.1) is 0 Å². The summed E-state index contributed by atoms with van der Waals surface area (Å²) < 4.78 is 1.15. The SMILES string of the molecule is CCC(CC)CC(CN)c1cccc(Br)c1. The van der Waals surface area contributed by atoms with E-state index in [1.54, 1.807) is 0 Å². The van der Waals surface area contributed by atoms with Gasteiger partial charge in [-0.25, -0.2) is 0 Å². The molecule has 0 fully saturated rings. The zero-order valence-electron chi connectivity index (χ0n) is 10.2. The Morgan fingerprint density at radius 3 is 2.44 bits per heavy atom. The van der Waals surface area contributed by atoms with Crippen LogP contribution in [-0.2, 0) is 0 Å². The minimum Gasteiger partial charge on any atom is -0.330 e. The summed E-state index contributed by atoms with van der Waals surface area (Å²) >= 11 is 3.52. The predicted octanol–water partition coefficient (Wildman–Crippen LogP) is 4.32. The van der Waals surface area contributed by atoms with Crippen molar-refractivity contribution >= 4 is 15.9 Å². The molecular formula is C14H22BrN. The van der Waals surface area contributed by atoms with E-state index in [2.05, 4.69) is 54.0 Å². The van der Waals surface area contributed by atoms with Crippen molar-refractivity contribution in [2.45, 2.75) is 39.0 Å². The summed E-state index contributed by atoms with van der Waals surface area (Å²) in [5, 5.41) is 0. The van der Waals surface area contributed by atoms with Crippen LogP contribution in [0.1, 0.15) is 44.6 Å². The number of benzene rings is 1. The normalized spacial score (nSPS) is 13.1. The molecule has 2 heteroatoms. The smallest absolute Gasteiger partial charge is 0.0178 e. The van der Waals surface area contributed by atoms with Crippen molar-refractivity contribution in [3.63, 3.8) is 0 Å². The molecule has 0 aliphatic rings. The van der Waals surface area contributed by atoms with Gasteiger partial charge in [-0.3, -0.25) is 0 Å². The lowest BCUT2D eigenvalue weighted by atomic mass is 9.86. The fourth-order valence-electron chi connectivity index (χ4n) is 2.15. The highest BCUT2D eigenvalue weighted by molar-refractivity contribution is 9.10. The maximum Gasteiger partial charge on any atom is 0.0178 e. The van der Waals surface area contributed by atoms with Crippen molar-refractivity contribution < 1.29 is 0 Å². The second-order valence-electron chi connectivity index (χ2n) is 4.41. The predicted molar refractivity (Wildman–Crippen MR) is 74.6 cm³/mol. The highest BCUT2D eigenvalue weighted by Gasteiger charge is 2.14. The Morgan fingerprint density at radius 1 is 1.25 bits per heavy atom. The van der Waals surface area contributed by atoms with Crippen LogP contribution in [0.3, 0.4) is 0 Å². The van der Waals surface area contributed by atoms with Crippen molar-refractivity contribution in [3.8, 4) is 0 Å². The van der Waals surface area contributed by atoms with Crippen LogP contribution in [0, 0.1) is 5.92 Å². The van der Waals surface area contributed by atoms with Gasteiger partial charge in [0.25, 0.3) is 0 Å². The molecule has 0 radical (unpaired) electrons. The lowest BCUT2D eigenvalue weighted by molar-refractivity contribution is 0.413. The molecule has 0 amide bonds. The molecule has 0 spiro atoms. The molecular weight excluding hydrogens is 262 g/mol. The molecule has 0 heterocycles. The van der Waals surface area contributed by atoms with Gasteiger partial charge in [-0.1, -0.05) is 54.8 Å². The van der Waals surface area contributed by atoms with E-state index in [4.69, 9.17) is 5.73 Å². The van der Waals surface area contributed by atoms with Crippen molar-refractivity contribution in [1.82, 2.24) is 0 Å². The number of hydrogen-bond acceptors (Lipinski definition) is 1. The summed E-state index contributed by atoms with van der Waals surface area (Å²) in [6.45, 7) is 5.28. The van der Waals surface area contributed by atoms with Crippen LogP contribution in [0.15, 0.2) is 28.7 Å². The molecule has 0 aromatic heterocycles. The molecule has 1 nitrogen and oxygen atoms in total. The number of hydrogen-bond donors (Lipinski definition) is 1. The third-order valence-electron chi connectivity index (χ3n) is 3.38. The maximum absolute atomic E-state index is 5.90. The quantitative estimate of drug-likeness (QED) is 0.827. The zero-order chi connectivity index (χ0) is 12.0. The first-order valence-corrected chi connectivity index (χ1v) is 6.96. The van der Waals surface area contributed by atoms with E-state index in [0.717, 1.165) is 16.9 Å². The third-order valence-corrected chi connectivity index (χ3v) is 3.87. The monoisotopic (exact) mass is 283 g/mol. The Morgan fingerprint density at radius 2 is 1.94 bits per heavy atom. The molecule has 16 heavy (non-hydrogen) atoms. The third kappa shape index (κ3) is 3.91. The first kappa shape index (κ1) is 13.7. The minimum atomic E-state index is 0.502. The highest BCUT2D eigenvalue weighted by Crippen LogP contribution is 2.27. The molecule has 1 unspecified atom stereocenters. The van der Waals surface area contributed by atoms with E-state index in [-0.39, 0.29) is 0 Å². The molecule has 1 atom stereocenters. The van der Waals surface area contributed by atoms with Crippen LogP contribution < -0.4 is 5.73 Å². The summed E-state index contributed by atoms with van der Waals surface area (Å²) in [6.07, 6.45) is 3.71. The first-order valence-electron chi connectivity index (χ1n) is 6.16. The van der Waals surface area contributed by atoms with Crippen molar-refractivity contribution in [1.29, 1.82) is 0 Å². The Bertz CT molecular complexity index is 307. The zero-order valence-corrected chi connectivity index (χ0v) is 11.8. The topological polar surface area (TPSA) is 26.0 Å². The van der Waals surface area contributed by atoms with Crippen LogP contribution in [0.4, 0.5) is 0 Å². The van der Waals surface area contributed by atoms with Gasteiger partial charge in [0.1, 0.15) is 0 Å². The standard InChI is InChI=1S/C14H22BrN/c1-3-11(4-2)8-13(10-16)12-6-5-7-14(15)9-12/h5-7,9,11,13H,3-4,8,10,16H2,1-2H3. The average Bonchev–Trinajstić information content (AvgIpc) is 2.31. The summed E-state index contributed by atoms with van der Waals surface area (Å²) in [4.78, 5) is 0. The Labute approximate surface area is 108 Å². The first-order chi connectivity index (χ1) is 7.71. The van der Waals surface area contributed by atoms with Crippen LogP contribution in [0.2, 0.25) is 0 Å². The van der Waals surface area contributed by atoms with Gasteiger partial charge in [0.2, 0.25) is 0 Å². The van der Waals surface area contributed by atoms with Crippen LogP contribution in [0.25, 0.3) is 0 Å². The molecule has 0 aliphatic heterocycles. The molecule has 0 saturated heterocycles. The second kappa shape index (κ2) is 7.08. The molecule has 90 valence electrons. The van der Waals surface area contributed by atoms with Crippen LogP contribution in [-0.4, -0.2) is 6.54 Å². The molecule has 0 aliphatic carbocycles. The molecule has 0 saturated carbocycles. The van der Waals surface area contributed by atoms with Gasteiger partial charge >= 0.3 is 0 Å². The molecule has 1 aromatic rings. The van der Waals surface area contributed by atoms with Gasteiger partial charge in [-0.15, -0.1) is 0 Å². The van der Waals surface area contributed by atoms with Gasteiger partial charge in [0, 0.05) is 4.47 Å². The van der Waals surface area contributed by atoms with E-state index in [9.17, 15) is 0 Å². The van der Waals surface area contributed by atoms with Crippen molar-refractivity contribution in [2.24, 2.45) is 11.7 Å². The highest BCUT2D eigenvalue weighted by atomic mass is 79.9. The largest absolute Gasteiger partial charge is 0.330 e. The van der Waals surface area contributed by atoms with E-state index in [1.807, 2.05) is 0 Å². The fraction of sp³-hybridized carbons (Fsp3) is 0.571. The van der Waals surface area contributed by atoms with Gasteiger partial charge in [0.15, 0.2) is 0 Å². The van der Waals surface area contributed by atoms with Crippen LogP contribution in [0.5, 0.6) is 0 Å². The van der Waals surface area contributed by atoms with Gasteiger partial charge < -0.3 is 5.73 Å². The molecule has 1 aromatic carbocycles. The Kier molecular flexibility index (Phi) is 6.07. The number of halogens is 1. The molecule has 2 N–H and O–H groups in total. The molecule has 1 rings (SSSR count). The van der Waals surface area contributed by atoms with Crippen LogP contribution >= 0.6 is 15.9 Å². The summed E-state index contributed by atoms with van der Waals surface area (Å²) in [5.41, 5.74) is 7.26. The summed E-state index contributed by atoms with van der Waals surface area (Å²) in [6, 6.07) is 8.54.